The number of amides is 2. The fourth-order valence-corrected chi connectivity index (χ4v) is 4.87. The van der Waals surface area contributed by atoms with Gasteiger partial charge in [-0.25, -0.2) is 4.79 Å². The Kier molecular flexibility index (Phi) is 6.72. The van der Waals surface area contributed by atoms with Crippen LogP contribution in [0.25, 0.3) is 0 Å². The second-order valence-electron chi connectivity index (χ2n) is 7.39. The third-order valence-corrected chi connectivity index (χ3v) is 6.74. The summed E-state index contributed by atoms with van der Waals surface area (Å²) in [5.41, 5.74) is 1.90. The molecular formula is C23H21ClN2O5S. The molecule has 7 nitrogen and oxygen atoms in total. The molecule has 2 atom stereocenters. The smallest absolute Gasteiger partial charge is 0.355 e. The predicted octanol–water partition coefficient (Wildman–Crippen LogP) is 3.14. The molecule has 0 spiro atoms. The Morgan fingerprint density at radius 3 is 2.59 bits per heavy atom. The number of fused-ring (bicyclic) bond motifs is 1. The van der Waals surface area contributed by atoms with E-state index in [4.69, 9.17) is 21.1 Å². The molecule has 0 aliphatic carbocycles. The Morgan fingerprint density at radius 1 is 1.16 bits per heavy atom. The maximum atomic E-state index is 12.8. The molecule has 0 bridgehead atoms. The minimum absolute atomic E-state index is 0.124. The van der Waals surface area contributed by atoms with Crippen LogP contribution in [0, 0.1) is 0 Å². The van der Waals surface area contributed by atoms with Crippen molar-refractivity contribution in [3.63, 3.8) is 0 Å². The minimum Gasteiger partial charge on any atom is -0.484 e. The number of halogens is 1. The molecule has 2 aromatic rings. The largest absolute Gasteiger partial charge is 0.484 e. The van der Waals surface area contributed by atoms with Gasteiger partial charge in [-0.2, -0.15) is 0 Å². The number of carbonyl (C=O) groups excluding carboxylic acids is 3. The highest BCUT2D eigenvalue weighted by Crippen LogP contribution is 2.40. The number of nitrogens with zero attached hydrogens (tertiary/aromatic N) is 1. The zero-order valence-corrected chi connectivity index (χ0v) is 18.8. The number of β-lactam (4-membered cyclic amide) rings is 1. The number of thioether (sulfide) groups is 1. The monoisotopic (exact) mass is 472 g/mol. The van der Waals surface area contributed by atoms with E-state index in [-0.39, 0.29) is 30.2 Å². The number of nitrogens with one attached hydrogen (secondary N) is 1. The van der Waals surface area contributed by atoms with Crippen LogP contribution in [0.1, 0.15) is 12.5 Å². The third kappa shape index (κ3) is 4.76. The van der Waals surface area contributed by atoms with E-state index in [2.05, 4.69) is 5.32 Å². The van der Waals surface area contributed by atoms with Gasteiger partial charge in [0.1, 0.15) is 29.5 Å². The summed E-state index contributed by atoms with van der Waals surface area (Å²) < 4.78 is 10.9. The first kappa shape index (κ1) is 22.2. The summed E-state index contributed by atoms with van der Waals surface area (Å²) >= 11 is 7.33. The molecule has 32 heavy (non-hydrogen) atoms. The molecule has 0 aromatic heterocycles. The van der Waals surface area contributed by atoms with E-state index in [1.165, 1.54) is 16.7 Å². The molecule has 1 fully saturated rings. The van der Waals surface area contributed by atoms with Crippen LogP contribution in [-0.4, -0.2) is 46.5 Å². The van der Waals surface area contributed by atoms with Gasteiger partial charge in [-0.3, -0.25) is 14.5 Å². The maximum Gasteiger partial charge on any atom is 0.355 e. The fraction of sp³-hybridized carbons (Fsp3) is 0.261. The maximum absolute atomic E-state index is 12.8. The summed E-state index contributed by atoms with van der Waals surface area (Å²) in [7, 11) is 0. The number of ether oxygens (including phenoxy) is 2. The average molecular weight is 473 g/mol. The van der Waals surface area contributed by atoms with Crippen LogP contribution < -0.4 is 10.1 Å². The van der Waals surface area contributed by atoms with Crippen LogP contribution in [0.2, 0.25) is 5.02 Å². The van der Waals surface area contributed by atoms with Crippen molar-refractivity contribution in [2.45, 2.75) is 24.9 Å². The molecule has 2 aliphatic heterocycles. The molecule has 1 N–H and O–H groups in total. The third-order valence-electron chi connectivity index (χ3n) is 5.07. The Hall–Kier alpha value is -2.97. The van der Waals surface area contributed by atoms with Gasteiger partial charge in [-0.1, -0.05) is 41.9 Å². The van der Waals surface area contributed by atoms with Crippen molar-refractivity contribution in [2.75, 3.05) is 12.4 Å². The lowest BCUT2D eigenvalue weighted by molar-refractivity contribution is -0.153. The van der Waals surface area contributed by atoms with Crippen molar-refractivity contribution in [1.82, 2.24) is 10.2 Å². The number of hydrogen-bond acceptors (Lipinski definition) is 6. The lowest BCUT2D eigenvalue weighted by atomic mass is 10.0. The van der Waals surface area contributed by atoms with Crippen molar-refractivity contribution >= 4 is 41.1 Å². The molecule has 2 aliphatic rings. The summed E-state index contributed by atoms with van der Waals surface area (Å²) in [6.45, 7) is 1.70. The van der Waals surface area contributed by atoms with Crippen molar-refractivity contribution in [2.24, 2.45) is 0 Å². The van der Waals surface area contributed by atoms with Crippen LogP contribution in [-0.2, 0) is 25.7 Å². The number of rotatable bonds is 7. The van der Waals surface area contributed by atoms with E-state index < -0.39 is 17.9 Å². The number of esters is 1. The van der Waals surface area contributed by atoms with Gasteiger partial charge in [0.2, 0.25) is 0 Å². The predicted molar refractivity (Wildman–Crippen MR) is 121 cm³/mol. The Morgan fingerprint density at radius 2 is 1.88 bits per heavy atom. The van der Waals surface area contributed by atoms with E-state index in [0.717, 1.165) is 11.1 Å². The van der Waals surface area contributed by atoms with E-state index >= 15 is 0 Å². The lowest BCUT2D eigenvalue weighted by Crippen LogP contribution is -2.70. The molecule has 4 rings (SSSR count). The molecule has 9 heteroatoms. The van der Waals surface area contributed by atoms with Gasteiger partial charge in [0.25, 0.3) is 11.8 Å². The van der Waals surface area contributed by atoms with Gasteiger partial charge < -0.3 is 14.8 Å². The first-order chi connectivity index (χ1) is 15.4. The first-order valence-electron chi connectivity index (χ1n) is 9.97. The van der Waals surface area contributed by atoms with Crippen LogP contribution in [0.4, 0.5) is 0 Å². The van der Waals surface area contributed by atoms with Gasteiger partial charge in [0.15, 0.2) is 6.61 Å². The van der Waals surface area contributed by atoms with Crippen LogP contribution in [0.15, 0.2) is 65.9 Å². The Bertz CT molecular complexity index is 1060. The standard InChI is InChI=1S/C23H21ClN2O5S/c1-14-13-32-22-19(25-18(27)12-30-17-9-7-16(24)8-10-17)21(28)26(22)20(14)23(29)31-11-15-5-3-2-4-6-15/h2-10,19,22H,11-13H2,1H3,(H,25,27)/t19-,22-/m1/s1. The van der Waals surface area contributed by atoms with Gasteiger partial charge in [-0.05, 0) is 42.3 Å². The van der Waals surface area contributed by atoms with Crippen molar-refractivity contribution in [3.8, 4) is 5.75 Å². The van der Waals surface area contributed by atoms with Crippen molar-refractivity contribution < 1.29 is 23.9 Å². The summed E-state index contributed by atoms with van der Waals surface area (Å²) in [6, 6.07) is 15.3. The molecule has 1 saturated heterocycles. The van der Waals surface area contributed by atoms with Gasteiger partial charge in [0.05, 0.1) is 0 Å². The van der Waals surface area contributed by atoms with E-state index in [1.807, 2.05) is 37.3 Å². The quantitative estimate of drug-likeness (QED) is 0.492. The molecular weight excluding hydrogens is 452 g/mol. The minimum atomic E-state index is -0.716. The summed E-state index contributed by atoms with van der Waals surface area (Å²) in [5, 5.41) is 2.91. The zero-order valence-electron chi connectivity index (χ0n) is 17.2. The Balaban J connectivity index is 1.34. The second kappa shape index (κ2) is 9.67. The molecule has 166 valence electrons. The molecule has 0 saturated carbocycles. The highest BCUT2D eigenvalue weighted by Gasteiger charge is 2.54. The second-order valence-corrected chi connectivity index (χ2v) is 8.93. The van der Waals surface area contributed by atoms with Crippen LogP contribution >= 0.6 is 23.4 Å². The molecule has 0 unspecified atom stereocenters. The number of benzene rings is 2. The molecule has 0 radical (unpaired) electrons. The van der Waals surface area contributed by atoms with Gasteiger partial charge in [0, 0.05) is 10.8 Å². The molecule has 2 amide bonds. The highest BCUT2D eigenvalue weighted by molar-refractivity contribution is 8.00. The lowest BCUT2D eigenvalue weighted by Gasteiger charge is -2.49. The van der Waals surface area contributed by atoms with E-state index in [1.54, 1.807) is 24.3 Å². The SMILES string of the molecule is CC1=C(C(=O)OCc2ccccc2)N2C(=O)[C@@H](NC(=O)COc3ccc(Cl)cc3)[C@H]2SC1. The first-order valence-corrected chi connectivity index (χ1v) is 11.4. The van der Waals surface area contributed by atoms with Crippen LogP contribution in [0.3, 0.4) is 0 Å². The highest BCUT2D eigenvalue weighted by atomic mass is 35.5. The Labute approximate surface area is 194 Å². The van der Waals surface area contributed by atoms with E-state index in [9.17, 15) is 14.4 Å². The summed E-state index contributed by atoms with van der Waals surface area (Å²) in [5.74, 6) is -0.232. The topological polar surface area (TPSA) is 84.9 Å². The number of hydrogen-bond donors (Lipinski definition) is 1. The molecule has 2 heterocycles. The van der Waals surface area contributed by atoms with Crippen LogP contribution in [0.5, 0.6) is 5.75 Å². The van der Waals surface area contributed by atoms with Gasteiger partial charge >= 0.3 is 5.97 Å². The summed E-state index contributed by atoms with van der Waals surface area (Å²) in [4.78, 5) is 39.2. The van der Waals surface area contributed by atoms with Crippen molar-refractivity contribution in [1.29, 1.82) is 0 Å². The average Bonchev–Trinajstić information content (AvgIpc) is 2.81. The molecule has 2 aromatic carbocycles. The number of carbonyl (C=O) groups is 3. The van der Waals surface area contributed by atoms with E-state index in [0.29, 0.717) is 16.5 Å². The zero-order chi connectivity index (χ0) is 22.7. The van der Waals surface area contributed by atoms with Crippen molar-refractivity contribution in [3.05, 3.63) is 76.5 Å². The normalized spacial score (nSPS) is 19.7. The van der Waals surface area contributed by atoms with Gasteiger partial charge in [-0.15, -0.1) is 11.8 Å². The fourth-order valence-electron chi connectivity index (χ4n) is 3.45. The summed E-state index contributed by atoms with van der Waals surface area (Å²) in [6.07, 6.45) is 0.